The van der Waals surface area contributed by atoms with Crippen LogP contribution < -0.4 is 10.1 Å². The molecular weight excluding hydrogens is 444 g/mol. The molecule has 0 spiro atoms. The highest BCUT2D eigenvalue weighted by atomic mass is 32.1. The summed E-state index contributed by atoms with van der Waals surface area (Å²) >= 11 is 1.57. The molecule has 34 heavy (non-hydrogen) atoms. The third-order valence-corrected chi connectivity index (χ3v) is 7.13. The Morgan fingerprint density at radius 2 is 1.74 bits per heavy atom. The first-order valence-electron chi connectivity index (χ1n) is 11.9. The average Bonchev–Trinajstić information content (AvgIpc) is 3.38. The van der Waals surface area contributed by atoms with Gasteiger partial charge in [0, 0.05) is 12.6 Å². The highest BCUT2D eigenvalue weighted by Gasteiger charge is 2.33. The van der Waals surface area contributed by atoms with Crippen molar-refractivity contribution in [1.82, 2.24) is 10.2 Å². The van der Waals surface area contributed by atoms with Crippen LogP contribution in [0.15, 0.2) is 71.4 Å². The number of amides is 2. The molecule has 0 unspecified atom stereocenters. The van der Waals surface area contributed by atoms with Crippen LogP contribution in [0.5, 0.6) is 5.75 Å². The number of nitrogens with one attached hydrogen (secondary N) is 1. The fourth-order valence-electron chi connectivity index (χ4n) is 4.56. The van der Waals surface area contributed by atoms with E-state index in [1.807, 2.05) is 71.4 Å². The second-order valence-electron chi connectivity index (χ2n) is 8.83. The molecule has 1 atom stereocenters. The molecule has 2 amide bonds. The molecular formula is C28H32N2O3S. The number of benzene rings is 2. The summed E-state index contributed by atoms with van der Waals surface area (Å²) in [4.78, 5) is 29.1. The normalized spacial score (nSPS) is 14.9. The SMILES string of the molecule is COc1ccc(CN(C(=O)Cc2ccsc2)[C@H](C(=O)NC2CCCCC2)c2ccccc2)cc1. The summed E-state index contributed by atoms with van der Waals surface area (Å²) in [5, 5.41) is 7.23. The van der Waals surface area contributed by atoms with Crippen LogP contribution in [0.3, 0.4) is 0 Å². The maximum absolute atomic E-state index is 13.7. The van der Waals surface area contributed by atoms with Gasteiger partial charge in [0.15, 0.2) is 0 Å². The number of carbonyl (C=O) groups is 2. The Morgan fingerprint density at radius 3 is 2.38 bits per heavy atom. The van der Waals surface area contributed by atoms with Gasteiger partial charge in [0.2, 0.25) is 11.8 Å². The number of rotatable bonds is 9. The first-order valence-corrected chi connectivity index (χ1v) is 12.9. The number of ether oxygens (including phenoxy) is 1. The first-order chi connectivity index (χ1) is 16.6. The third kappa shape index (κ3) is 6.26. The Bertz CT molecular complexity index is 1050. The first kappa shape index (κ1) is 24.0. The number of hydrogen-bond acceptors (Lipinski definition) is 4. The van der Waals surface area contributed by atoms with Crippen molar-refractivity contribution in [2.45, 2.75) is 57.2 Å². The van der Waals surface area contributed by atoms with Crippen LogP contribution in [0.4, 0.5) is 0 Å². The van der Waals surface area contributed by atoms with Crippen molar-refractivity contribution in [1.29, 1.82) is 0 Å². The fraction of sp³-hybridized carbons (Fsp3) is 0.357. The van der Waals surface area contributed by atoms with Crippen molar-refractivity contribution in [2.24, 2.45) is 0 Å². The van der Waals surface area contributed by atoms with Crippen molar-refractivity contribution >= 4 is 23.2 Å². The number of thiophene rings is 1. The summed E-state index contributed by atoms with van der Waals surface area (Å²) in [6.45, 7) is 0.338. The minimum atomic E-state index is -0.698. The van der Waals surface area contributed by atoms with E-state index in [0.717, 1.165) is 48.1 Å². The van der Waals surface area contributed by atoms with E-state index in [0.29, 0.717) is 6.54 Å². The molecule has 0 saturated heterocycles. The molecule has 1 heterocycles. The second-order valence-corrected chi connectivity index (χ2v) is 9.61. The van der Waals surface area contributed by atoms with Crippen LogP contribution in [-0.2, 0) is 22.6 Å². The quantitative estimate of drug-likeness (QED) is 0.443. The standard InChI is InChI=1S/C28H32N2O3S/c1-33-25-14-12-21(13-15-25)19-30(26(31)18-22-16-17-34-20-22)27(23-8-4-2-5-9-23)28(32)29-24-10-6-3-7-11-24/h2,4-5,8-9,12-17,20,24,27H,3,6-7,10-11,18-19H2,1H3,(H,29,32)/t27-/m0/s1. The summed E-state index contributed by atoms with van der Waals surface area (Å²) in [6.07, 6.45) is 5.74. The van der Waals surface area contributed by atoms with E-state index in [-0.39, 0.29) is 24.3 Å². The van der Waals surface area contributed by atoms with Crippen LogP contribution >= 0.6 is 11.3 Å². The van der Waals surface area contributed by atoms with Crippen molar-refractivity contribution in [2.75, 3.05) is 7.11 Å². The molecule has 6 heteroatoms. The van der Waals surface area contributed by atoms with Crippen LogP contribution in [-0.4, -0.2) is 29.9 Å². The zero-order valence-corrected chi connectivity index (χ0v) is 20.4. The van der Waals surface area contributed by atoms with Gasteiger partial charge < -0.3 is 15.0 Å². The van der Waals surface area contributed by atoms with E-state index in [2.05, 4.69) is 5.32 Å². The largest absolute Gasteiger partial charge is 0.497 e. The minimum absolute atomic E-state index is 0.0677. The summed E-state index contributed by atoms with van der Waals surface area (Å²) in [5.74, 6) is 0.585. The average molecular weight is 477 g/mol. The van der Waals surface area contributed by atoms with Crippen LogP contribution in [0.1, 0.15) is 54.8 Å². The summed E-state index contributed by atoms with van der Waals surface area (Å²) < 4.78 is 5.29. The van der Waals surface area contributed by atoms with Gasteiger partial charge in [0.1, 0.15) is 11.8 Å². The molecule has 1 aliphatic rings. The molecule has 3 aromatic rings. The Morgan fingerprint density at radius 1 is 1.00 bits per heavy atom. The molecule has 1 saturated carbocycles. The van der Waals surface area contributed by atoms with E-state index in [4.69, 9.17) is 4.74 Å². The number of methoxy groups -OCH3 is 1. The lowest BCUT2D eigenvalue weighted by molar-refractivity contribution is -0.141. The van der Waals surface area contributed by atoms with Gasteiger partial charge in [-0.3, -0.25) is 9.59 Å². The molecule has 1 N–H and O–H groups in total. The molecule has 1 aliphatic carbocycles. The second kappa shape index (κ2) is 11.8. The van der Waals surface area contributed by atoms with E-state index < -0.39 is 6.04 Å². The maximum Gasteiger partial charge on any atom is 0.247 e. The van der Waals surface area contributed by atoms with Gasteiger partial charge in [-0.2, -0.15) is 11.3 Å². The number of nitrogens with zero attached hydrogens (tertiary/aromatic N) is 1. The lowest BCUT2D eigenvalue weighted by Crippen LogP contribution is -2.47. The number of hydrogen-bond donors (Lipinski definition) is 1. The molecule has 0 bridgehead atoms. The van der Waals surface area contributed by atoms with Gasteiger partial charge in [0.05, 0.1) is 13.5 Å². The Balaban J connectivity index is 1.66. The lowest BCUT2D eigenvalue weighted by Gasteiger charge is -2.33. The number of carbonyl (C=O) groups excluding carboxylic acids is 2. The smallest absolute Gasteiger partial charge is 0.247 e. The molecule has 1 aromatic heterocycles. The van der Waals surface area contributed by atoms with E-state index in [1.165, 1.54) is 6.42 Å². The van der Waals surface area contributed by atoms with Crippen LogP contribution in [0, 0.1) is 0 Å². The predicted octanol–water partition coefficient (Wildman–Crippen LogP) is 5.52. The van der Waals surface area contributed by atoms with Gasteiger partial charge >= 0.3 is 0 Å². The van der Waals surface area contributed by atoms with Crippen molar-refractivity contribution in [3.63, 3.8) is 0 Å². The molecule has 5 nitrogen and oxygen atoms in total. The molecule has 2 aromatic carbocycles. The highest BCUT2D eigenvalue weighted by Crippen LogP contribution is 2.27. The zero-order chi connectivity index (χ0) is 23.8. The van der Waals surface area contributed by atoms with Crippen molar-refractivity contribution in [3.05, 3.63) is 88.1 Å². The predicted molar refractivity (Wildman–Crippen MR) is 136 cm³/mol. The van der Waals surface area contributed by atoms with Crippen molar-refractivity contribution < 1.29 is 14.3 Å². The molecule has 4 rings (SSSR count). The van der Waals surface area contributed by atoms with E-state index in [9.17, 15) is 9.59 Å². The summed E-state index contributed by atoms with van der Waals surface area (Å²) in [5.41, 5.74) is 2.74. The van der Waals surface area contributed by atoms with Gasteiger partial charge in [-0.25, -0.2) is 0 Å². The summed E-state index contributed by atoms with van der Waals surface area (Å²) in [6, 6.07) is 18.7. The Kier molecular flexibility index (Phi) is 8.36. The van der Waals surface area contributed by atoms with E-state index >= 15 is 0 Å². The van der Waals surface area contributed by atoms with E-state index in [1.54, 1.807) is 23.3 Å². The molecule has 178 valence electrons. The third-order valence-electron chi connectivity index (χ3n) is 6.39. The van der Waals surface area contributed by atoms with Gasteiger partial charge in [-0.1, -0.05) is 61.7 Å². The Labute approximate surface area is 205 Å². The topological polar surface area (TPSA) is 58.6 Å². The zero-order valence-electron chi connectivity index (χ0n) is 19.6. The highest BCUT2D eigenvalue weighted by molar-refractivity contribution is 7.08. The fourth-order valence-corrected chi connectivity index (χ4v) is 5.22. The van der Waals surface area contributed by atoms with Crippen molar-refractivity contribution in [3.8, 4) is 5.75 Å². The van der Waals surface area contributed by atoms with Gasteiger partial charge in [-0.05, 0) is 58.5 Å². The Hall–Kier alpha value is -3.12. The minimum Gasteiger partial charge on any atom is -0.497 e. The van der Waals surface area contributed by atoms with Crippen LogP contribution in [0.25, 0.3) is 0 Å². The van der Waals surface area contributed by atoms with Gasteiger partial charge in [-0.15, -0.1) is 0 Å². The molecule has 0 aliphatic heterocycles. The summed E-state index contributed by atoms with van der Waals surface area (Å²) in [7, 11) is 1.63. The lowest BCUT2D eigenvalue weighted by atomic mass is 9.94. The molecule has 0 radical (unpaired) electrons. The van der Waals surface area contributed by atoms with Gasteiger partial charge in [0.25, 0.3) is 0 Å². The molecule has 1 fully saturated rings. The van der Waals surface area contributed by atoms with Crippen LogP contribution in [0.2, 0.25) is 0 Å². The monoisotopic (exact) mass is 476 g/mol. The maximum atomic E-state index is 13.7.